The zero-order valence-corrected chi connectivity index (χ0v) is 13.6. The summed E-state index contributed by atoms with van der Waals surface area (Å²) in [5, 5.41) is 1.30. The van der Waals surface area contributed by atoms with E-state index in [-0.39, 0.29) is 0 Å². The molecule has 20 heavy (non-hydrogen) atoms. The minimum Gasteiger partial charge on any atom is -0.378 e. The molecule has 0 fully saturated rings. The molecule has 5 heteroatoms. The quantitative estimate of drug-likeness (QED) is 0.320. The summed E-state index contributed by atoms with van der Waals surface area (Å²) in [7, 11) is -1.34. The molecule has 0 unspecified atom stereocenters. The number of benzene rings is 1. The van der Waals surface area contributed by atoms with Crippen molar-refractivity contribution in [2.45, 2.75) is 33.0 Å². The molecule has 4 nitrogen and oxygen atoms in total. The molecule has 1 rings (SSSR count). The van der Waals surface area contributed by atoms with Gasteiger partial charge in [0.25, 0.3) is 0 Å². The molecule has 0 aromatic heterocycles. The van der Waals surface area contributed by atoms with Gasteiger partial charge in [0.2, 0.25) is 0 Å². The van der Waals surface area contributed by atoms with Crippen molar-refractivity contribution in [2.24, 2.45) is 0 Å². The van der Waals surface area contributed by atoms with E-state index < -0.39 is 14.0 Å². The van der Waals surface area contributed by atoms with Gasteiger partial charge in [0, 0.05) is 6.61 Å². The Morgan fingerprint density at radius 3 is 2.40 bits per heavy atom. The molecule has 0 aliphatic carbocycles. The van der Waals surface area contributed by atoms with E-state index in [1.54, 1.807) is 12.1 Å². The molecule has 0 heterocycles. The Morgan fingerprint density at radius 2 is 1.85 bits per heavy atom. The van der Waals surface area contributed by atoms with Crippen LogP contribution in [0.4, 0.5) is 0 Å². The van der Waals surface area contributed by atoms with Gasteiger partial charge in [0.1, 0.15) is 0 Å². The Morgan fingerprint density at radius 1 is 1.20 bits per heavy atom. The summed E-state index contributed by atoms with van der Waals surface area (Å²) in [6.45, 7) is 11.1. The molecule has 1 aromatic rings. The van der Waals surface area contributed by atoms with Crippen molar-refractivity contribution in [1.29, 1.82) is 0 Å². The Hall–Kier alpha value is -1.17. The highest BCUT2D eigenvalue weighted by Crippen LogP contribution is 2.06. The predicted molar refractivity (Wildman–Crippen MR) is 81.3 cm³/mol. The lowest BCUT2D eigenvalue weighted by atomic mass is 10.2. The van der Waals surface area contributed by atoms with Crippen LogP contribution >= 0.6 is 0 Å². The molecule has 0 amide bonds. The van der Waals surface area contributed by atoms with E-state index in [1.165, 1.54) is 11.8 Å². The minimum absolute atomic E-state index is 0.301. The van der Waals surface area contributed by atoms with Crippen molar-refractivity contribution < 1.29 is 19.3 Å². The maximum Gasteiger partial charge on any atom is 0.373 e. The van der Waals surface area contributed by atoms with Crippen LogP contribution in [0.1, 0.15) is 23.7 Å². The average Bonchev–Trinajstić information content (AvgIpc) is 2.41. The van der Waals surface area contributed by atoms with Gasteiger partial charge in [-0.1, -0.05) is 43.9 Å². The summed E-state index contributed by atoms with van der Waals surface area (Å²) in [5.41, 5.74) is 0.481. The van der Waals surface area contributed by atoms with Crippen LogP contribution in [0, 0.1) is 6.61 Å². The van der Waals surface area contributed by atoms with Crippen molar-refractivity contribution in [3.05, 3.63) is 36.4 Å². The van der Waals surface area contributed by atoms with Crippen LogP contribution in [-0.4, -0.2) is 27.3 Å². The fraction of sp³-hybridized carbons (Fsp3) is 0.467. The van der Waals surface area contributed by atoms with Crippen molar-refractivity contribution in [2.75, 3.05) is 13.2 Å². The van der Waals surface area contributed by atoms with Crippen molar-refractivity contribution in [3.63, 3.8) is 0 Å². The Labute approximate surface area is 122 Å². The molecule has 0 bridgehead atoms. The first-order valence-corrected chi connectivity index (χ1v) is 10.3. The van der Waals surface area contributed by atoms with E-state index in [9.17, 15) is 4.79 Å². The third-order valence-electron chi connectivity index (χ3n) is 2.71. The third-order valence-corrected chi connectivity index (χ3v) is 4.78. The second-order valence-electron chi connectivity index (χ2n) is 5.54. The van der Waals surface area contributed by atoms with Gasteiger partial charge in [-0.15, -0.1) is 0 Å². The zero-order valence-electron chi connectivity index (χ0n) is 12.6. The molecule has 1 aromatic carbocycles. The third kappa shape index (κ3) is 5.86. The Kier molecular flexibility index (Phi) is 6.91. The van der Waals surface area contributed by atoms with Crippen LogP contribution in [0.15, 0.2) is 24.3 Å². The van der Waals surface area contributed by atoms with Gasteiger partial charge in [-0.3, -0.25) is 4.89 Å². The van der Waals surface area contributed by atoms with E-state index in [0.717, 1.165) is 6.42 Å². The lowest BCUT2D eigenvalue weighted by molar-refractivity contribution is -0.218. The van der Waals surface area contributed by atoms with Crippen LogP contribution in [0.25, 0.3) is 0 Å². The summed E-state index contributed by atoms with van der Waals surface area (Å²) in [4.78, 5) is 21.1. The van der Waals surface area contributed by atoms with E-state index in [4.69, 9.17) is 9.62 Å². The van der Waals surface area contributed by atoms with E-state index in [0.29, 0.717) is 18.8 Å². The maximum absolute atomic E-state index is 11.7. The number of ether oxygens (including phenoxy) is 1. The SMILES string of the molecule is CCCOC[CH]OOC(=O)c1ccc([Si](C)(C)C)cc1. The summed E-state index contributed by atoms with van der Waals surface area (Å²) in [6.07, 6.45) is 0.942. The van der Waals surface area contributed by atoms with Crippen molar-refractivity contribution in [1.82, 2.24) is 0 Å². The second-order valence-corrected chi connectivity index (χ2v) is 10.6. The first-order valence-electron chi connectivity index (χ1n) is 6.82. The smallest absolute Gasteiger partial charge is 0.373 e. The van der Waals surface area contributed by atoms with Gasteiger partial charge >= 0.3 is 5.97 Å². The monoisotopic (exact) mass is 295 g/mol. The predicted octanol–water partition coefficient (Wildman–Crippen LogP) is 2.91. The number of carbonyl (C=O) groups excluding carboxylic acids is 1. The van der Waals surface area contributed by atoms with Crippen molar-refractivity contribution in [3.8, 4) is 0 Å². The second kappa shape index (κ2) is 8.19. The molecule has 0 saturated heterocycles. The molecule has 0 N–H and O–H groups in total. The Bertz CT molecular complexity index is 409. The standard InChI is InChI=1S/C15H23O4Si/c1-5-10-17-11-12-18-19-15(16)13-6-8-14(9-7-13)20(2,3)4/h6-9,12H,5,10-11H2,1-4H3. The molecule has 1 radical (unpaired) electrons. The number of hydrogen-bond donors (Lipinski definition) is 0. The number of rotatable bonds is 8. The fourth-order valence-corrected chi connectivity index (χ4v) is 2.70. The molecule has 0 saturated carbocycles. The van der Waals surface area contributed by atoms with E-state index in [1.807, 2.05) is 19.1 Å². The van der Waals surface area contributed by atoms with Crippen LogP contribution in [0.3, 0.4) is 0 Å². The average molecular weight is 295 g/mol. The topological polar surface area (TPSA) is 44.8 Å². The zero-order chi connectivity index (χ0) is 15.0. The van der Waals surface area contributed by atoms with Crippen LogP contribution in [0.2, 0.25) is 19.6 Å². The molecule has 0 atom stereocenters. The first kappa shape index (κ1) is 16.9. The summed E-state index contributed by atoms with van der Waals surface area (Å²) in [5.74, 6) is -0.501. The van der Waals surface area contributed by atoms with Crippen LogP contribution in [0.5, 0.6) is 0 Å². The van der Waals surface area contributed by atoms with Crippen molar-refractivity contribution >= 4 is 19.2 Å². The van der Waals surface area contributed by atoms with Crippen LogP contribution < -0.4 is 5.19 Å². The highest BCUT2D eigenvalue weighted by Gasteiger charge is 2.17. The molecule has 0 spiro atoms. The molecule has 0 aliphatic heterocycles. The molecular formula is C15H23O4Si. The van der Waals surface area contributed by atoms with Gasteiger partial charge in [0.05, 0.1) is 20.2 Å². The van der Waals surface area contributed by atoms with E-state index >= 15 is 0 Å². The first-order chi connectivity index (χ1) is 9.45. The van der Waals surface area contributed by atoms with Gasteiger partial charge in [-0.25, -0.2) is 4.79 Å². The number of carbonyl (C=O) groups is 1. The largest absolute Gasteiger partial charge is 0.378 e. The normalized spacial score (nSPS) is 11.4. The maximum atomic E-state index is 11.7. The lowest BCUT2D eigenvalue weighted by Gasteiger charge is -2.16. The van der Waals surface area contributed by atoms with Crippen LogP contribution in [-0.2, 0) is 14.5 Å². The van der Waals surface area contributed by atoms with E-state index in [2.05, 4.69) is 24.5 Å². The highest BCUT2D eigenvalue weighted by atomic mass is 28.3. The van der Waals surface area contributed by atoms with Gasteiger partial charge in [0.15, 0.2) is 6.61 Å². The minimum atomic E-state index is -1.34. The summed E-state index contributed by atoms with van der Waals surface area (Å²) in [6, 6.07) is 7.51. The van der Waals surface area contributed by atoms with Gasteiger partial charge in [-0.2, -0.15) is 4.89 Å². The molecule has 0 aliphatic rings. The lowest BCUT2D eigenvalue weighted by Crippen LogP contribution is -2.37. The fourth-order valence-electron chi connectivity index (χ4n) is 1.54. The highest BCUT2D eigenvalue weighted by molar-refractivity contribution is 6.88. The van der Waals surface area contributed by atoms with Gasteiger partial charge in [-0.05, 0) is 18.6 Å². The molecular weight excluding hydrogens is 272 g/mol. The summed E-state index contributed by atoms with van der Waals surface area (Å²) < 4.78 is 5.16. The number of hydrogen-bond acceptors (Lipinski definition) is 4. The van der Waals surface area contributed by atoms with Gasteiger partial charge < -0.3 is 4.74 Å². The molecule has 111 valence electrons. The summed E-state index contributed by atoms with van der Waals surface area (Å²) >= 11 is 0. The Balaban J connectivity index is 2.37.